The Morgan fingerprint density at radius 1 is 1.19 bits per heavy atom. The summed E-state index contributed by atoms with van der Waals surface area (Å²) in [6.45, 7) is 0.349. The van der Waals surface area contributed by atoms with Crippen molar-refractivity contribution in [2.75, 3.05) is 19.1 Å². The summed E-state index contributed by atoms with van der Waals surface area (Å²) < 4.78 is 27.8. The van der Waals surface area contributed by atoms with Gasteiger partial charge in [-0.3, -0.25) is 4.79 Å². The zero-order chi connectivity index (χ0) is 19.9. The van der Waals surface area contributed by atoms with Gasteiger partial charge in [-0.1, -0.05) is 41.9 Å². The van der Waals surface area contributed by atoms with E-state index in [0.29, 0.717) is 23.7 Å². The Labute approximate surface area is 170 Å². The van der Waals surface area contributed by atoms with Gasteiger partial charge in [0, 0.05) is 18.6 Å². The van der Waals surface area contributed by atoms with Gasteiger partial charge >= 0.3 is 0 Å². The van der Waals surface area contributed by atoms with Gasteiger partial charge in [-0.25, -0.2) is 8.42 Å². The molecule has 146 valence electrons. The first-order valence-electron chi connectivity index (χ1n) is 8.39. The molecule has 1 amide bonds. The second-order valence-electron chi connectivity index (χ2n) is 6.09. The van der Waals surface area contributed by atoms with Crippen molar-refractivity contribution >= 4 is 39.3 Å². The summed E-state index contributed by atoms with van der Waals surface area (Å²) in [7, 11) is -2.12. The highest BCUT2D eigenvalue weighted by Gasteiger charge is 2.27. The lowest BCUT2D eigenvalue weighted by molar-refractivity contribution is -0.132. The lowest BCUT2D eigenvalue weighted by Crippen LogP contribution is -2.47. The fourth-order valence-corrected chi connectivity index (χ4v) is 4.51. The minimum atomic E-state index is -3.78. The van der Waals surface area contributed by atoms with Gasteiger partial charge in [0.25, 0.3) is 0 Å². The smallest absolute Gasteiger partial charge is 0.241 e. The molecule has 2 aromatic rings. The number of carbonyl (C=O) groups is 1. The normalized spacial score (nSPS) is 12.6. The van der Waals surface area contributed by atoms with Gasteiger partial charge in [0.05, 0.1) is 4.90 Å². The number of hydrogen-bond donors (Lipinski definition) is 1. The Kier molecular flexibility index (Phi) is 8.16. The molecule has 0 spiro atoms. The summed E-state index contributed by atoms with van der Waals surface area (Å²) in [6, 6.07) is 14.5. The first-order chi connectivity index (χ1) is 12.8. The van der Waals surface area contributed by atoms with Crippen molar-refractivity contribution in [2.24, 2.45) is 0 Å². The lowest BCUT2D eigenvalue weighted by atomic mass is 10.2. The van der Waals surface area contributed by atoms with Crippen LogP contribution in [-0.2, 0) is 21.4 Å². The van der Waals surface area contributed by atoms with E-state index in [4.69, 9.17) is 11.6 Å². The Morgan fingerprint density at radius 2 is 1.89 bits per heavy atom. The van der Waals surface area contributed by atoms with E-state index in [1.54, 1.807) is 49.1 Å². The zero-order valence-electron chi connectivity index (χ0n) is 15.3. The van der Waals surface area contributed by atoms with Gasteiger partial charge in [-0.2, -0.15) is 16.5 Å². The van der Waals surface area contributed by atoms with E-state index in [9.17, 15) is 13.2 Å². The summed E-state index contributed by atoms with van der Waals surface area (Å²) in [5, 5.41) is 0.595. The Hall–Kier alpha value is -1.54. The second kappa shape index (κ2) is 10.1. The van der Waals surface area contributed by atoms with Gasteiger partial charge in [-0.15, -0.1) is 0 Å². The number of benzene rings is 2. The van der Waals surface area contributed by atoms with E-state index >= 15 is 0 Å². The topological polar surface area (TPSA) is 66.5 Å². The van der Waals surface area contributed by atoms with E-state index in [2.05, 4.69) is 4.72 Å². The van der Waals surface area contributed by atoms with E-state index in [-0.39, 0.29) is 10.8 Å². The average Bonchev–Trinajstić information content (AvgIpc) is 2.65. The summed E-state index contributed by atoms with van der Waals surface area (Å²) in [6.07, 6.45) is 2.33. The van der Waals surface area contributed by atoms with Crippen LogP contribution in [0.4, 0.5) is 0 Å². The van der Waals surface area contributed by atoms with Gasteiger partial charge in [0.2, 0.25) is 15.9 Å². The number of nitrogens with zero attached hydrogens (tertiary/aromatic N) is 1. The summed E-state index contributed by atoms with van der Waals surface area (Å²) >= 11 is 7.56. The van der Waals surface area contributed by atoms with Crippen LogP contribution in [0.3, 0.4) is 0 Å². The molecule has 0 aromatic heterocycles. The molecule has 0 aliphatic rings. The molecule has 0 bridgehead atoms. The molecule has 5 nitrogen and oxygen atoms in total. The van der Waals surface area contributed by atoms with Crippen molar-refractivity contribution in [3.8, 4) is 0 Å². The van der Waals surface area contributed by atoms with Crippen LogP contribution in [0.25, 0.3) is 0 Å². The van der Waals surface area contributed by atoms with Gasteiger partial charge < -0.3 is 4.90 Å². The van der Waals surface area contributed by atoms with Crippen molar-refractivity contribution in [3.05, 3.63) is 65.2 Å². The predicted molar refractivity (Wildman–Crippen MR) is 111 cm³/mol. The molecule has 1 atom stereocenters. The Morgan fingerprint density at radius 3 is 2.52 bits per heavy atom. The summed E-state index contributed by atoms with van der Waals surface area (Å²) in [5.41, 5.74) is 0.882. The molecular formula is C19H23ClN2O3S2. The molecule has 27 heavy (non-hydrogen) atoms. The van der Waals surface area contributed by atoms with Gasteiger partial charge in [0.15, 0.2) is 0 Å². The third kappa shape index (κ3) is 6.53. The quantitative estimate of drug-likeness (QED) is 0.667. The Bertz CT molecular complexity index is 860. The first kappa shape index (κ1) is 21.8. The number of amides is 1. The van der Waals surface area contributed by atoms with E-state index in [1.807, 2.05) is 18.4 Å². The number of thioether (sulfide) groups is 1. The van der Waals surface area contributed by atoms with Crippen LogP contribution in [0, 0.1) is 0 Å². The predicted octanol–water partition coefficient (Wildman–Crippen LogP) is 3.40. The minimum absolute atomic E-state index is 0.143. The SMILES string of the molecule is CSCCC(NS(=O)(=O)c1ccccc1)C(=O)N(C)Cc1cccc(Cl)c1. The van der Waals surface area contributed by atoms with Crippen molar-refractivity contribution in [3.63, 3.8) is 0 Å². The third-order valence-corrected chi connectivity index (χ3v) is 6.31. The number of nitrogens with one attached hydrogen (secondary N) is 1. The van der Waals surface area contributed by atoms with Crippen LogP contribution in [0.15, 0.2) is 59.5 Å². The maximum atomic E-state index is 12.9. The molecule has 0 fully saturated rings. The van der Waals surface area contributed by atoms with Gasteiger partial charge in [-0.05, 0) is 48.3 Å². The maximum Gasteiger partial charge on any atom is 0.241 e. The molecule has 8 heteroatoms. The fourth-order valence-electron chi connectivity index (χ4n) is 2.58. The molecule has 0 saturated heterocycles. The van der Waals surface area contributed by atoms with Crippen LogP contribution >= 0.6 is 23.4 Å². The molecule has 2 aromatic carbocycles. The number of hydrogen-bond acceptors (Lipinski definition) is 4. The molecule has 0 aliphatic carbocycles. The van der Waals surface area contributed by atoms with Crippen molar-refractivity contribution in [1.29, 1.82) is 0 Å². The molecule has 0 radical (unpaired) electrons. The molecule has 0 saturated carbocycles. The van der Waals surface area contributed by atoms with Gasteiger partial charge in [0.1, 0.15) is 6.04 Å². The van der Waals surface area contributed by atoms with E-state index in [0.717, 1.165) is 5.56 Å². The van der Waals surface area contributed by atoms with Crippen LogP contribution in [-0.4, -0.2) is 44.3 Å². The summed E-state index contributed by atoms with van der Waals surface area (Å²) in [5.74, 6) is 0.391. The Balaban J connectivity index is 2.15. The van der Waals surface area contributed by atoms with E-state index in [1.165, 1.54) is 17.0 Å². The zero-order valence-corrected chi connectivity index (χ0v) is 17.7. The van der Waals surface area contributed by atoms with Crippen molar-refractivity contribution in [2.45, 2.75) is 23.9 Å². The molecule has 1 unspecified atom stereocenters. The van der Waals surface area contributed by atoms with Crippen LogP contribution < -0.4 is 4.72 Å². The maximum absolute atomic E-state index is 12.9. The van der Waals surface area contributed by atoms with Crippen molar-refractivity contribution < 1.29 is 13.2 Å². The number of rotatable bonds is 9. The van der Waals surface area contributed by atoms with Crippen LogP contribution in [0.5, 0.6) is 0 Å². The second-order valence-corrected chi connectivity index (χ2v) is 9.23. The lowest BCUT2D eigenvalue weighted by Gasteiger charge is -2.24. The monoisotopic (exact) mass is 426 g/mol. The summed E-state index contributed by atoms with van der Waals surface area (Å²) in [4.78, 5) is 14.6. The highest BCUT2D eigenvalue weighted by molar-refractivity contribution is 7.98. The number of sulfonamides is 1. The molecule has 1 N–H and O–H groups in total. The van der Waals surface area contributed by atoms with Crippen LogP contribution in [0.2, 0.25) is 5.02 Å². The highest BCUT2D eigenvalue weighted by Crippen LogP contribution is 2.15. The van der Waals surface area contributed by atoms with Crippen LogP contribution in [0.1, 0.15) is 12.0 Å². The third-order valence-electron chi connectivity index (χ3n) is 3.94. The molecule has 2 rings (SSSR count). The molecule has 0 aliphatic heterocycles. The molecular weight excluding hydrogens is 404 g/mol. The van der Waals surface area contributed by atoms with E-state index < -0.39 is 16.1 Å². The minimum Gasteiger partial charge on any atom is -0.340 e. The number of likely N-dealkylation sites (N-methyl/N-ethyl adjacent to an activating group) is 1. The average molecular weight is 427 g/mol. The molecule has 0 heterocycles. The fraction of sp³-hybridized carbons (Fsp3) is 0.316. The number of carbonyl (C=O) groups excluding carboxylic acids is 1. The highest BCUT2D eigenvalue weighted by atomic mass is 35.5. The largest absolute Gasteiger partial charge is 0.340 e. The number of halogens is 1. The first-order valence-corrected chi connectivity index (χ1v) is 11.6. The standard InChI is InChI=1S/C19H23ClN2O3S2/c1-22(14-15-7-6-8-16(20)13-15)19(23)18(11-12-26-2)21-27(24,25)17-9-4-3-5-10-17/h3-10,13,18,21H,11-12,14H2,1-2H3. The van der Waals surface area contributed by atoms with Crippen molar-refractivity contribution in [1.82, 2.24) is 9.62 Å².